The van der Waals surface area contributed by atoms with Crippen LogP contribution in [0.15, 0.2) is 95.9 Å². The van der Waals surface area contributed by atoms with Gasteiger partial charge in [0.1, 0.15) is 11.5 Å². The van der Waals surface area contributed by atoms with Gasteiger partial charge in [0, 0.05) is 16.6 Å². The number of rotatable bonds is 16. The maximum atomic E-state index is 11.1. The summed E-state index contributed by atoms with van der Waals surface area (Å²) in [6, 6.07) is 24.4. The Balaban J connectivity index is 1.41. The molecule has 0 saturated carbocycles. The highest BCUT2D eigenvalue weighted by atomic mass is 32.2. The number of benzene rings is 3. The van der Waals surface area contributed by atoms with Crippen LogP contribution in [-0.4, -0.2) is 40.6 Å². The molecule has 0 fully saturated rings. The van der Waals surface area contributed by atoms with Gasteiger partial charge in [-0.05, 0) is 79.8 Å². The second kappa shape index (κ2) is 15.4. The van der Waals surface area contributed by atoms with E-state index in [9.17, 15) is 9.59 Å². The summed E-state index contributed by atoms with van der Waals surface area (Å²) in [6.07, 6.45) is 7.18. The minimum Gasteiger partial charge on any atom is -0.494 e. The summed E-state index contributed by atoms with van der Waals surface area (Å²) < 4.78 is 11.5. The van der Waals surface area contributed by atoms with Gasteiger partial charge in [-0.1, -0.05) is 42.5 Å². The quantitative estimate of drug-likeness (QED) is 0.123. The monoisotopic (exact) mass is 520 g/mol. The smallest absolute Gasteiger partial charge is 0.335 e. The molecular weight excluding hydrogens is 488 g/mol. The van der Waals surface area contributed by atoms with E-state index in [0.717, 1.165) is 41.2 Å². The highest BCUT2D eigenvalue weighted by Gasteiger charge is 2.11. The standard InChI is InChI=1S/C30H32O6S/c31-29(32)20-19-27(37-28-17-13-24(14-18-28)30(33)34)10-6-7-23-11-15-26(16-12-23)36-22-5-4-21-35-25-8-2-1-3-9-25/h1-3,6,8-18,27H,4-5,7,19-22H2,(H,31,32)(H,33,34)/b10-6-. The van der Waals surface area contributed by atoms with Crippen LogP contribution in [0.2, 0.25) is 0 Å². The molecule has 1 unspecified atom stereocenters. The first kappa shape index (κ1) is 27.9. The zero-order chi connectivity index (χ0) is 26.3. The number of aliphatic carboxylic acids is 1. The average molecular weight is 521 g/mol. The van der Waals surface area contributed by atoms with Crippen LogP contribution < -0.4 is 9.47 Å². The van der Waals surface area contributed by atoms with Gasteiger partial charge in [0.2, 0.25) is 0 Å². The lowest BCUT2D eigenvalue weighted by atomic mass is 10.1. The molecule has 3 rings (SSSR count). The molecule has 3 aromatic rings. The average Bonchev–Trinajstić information content (AvgIpc) is 2.91. The zero-order valence-electron chi connectivity index (χ0n) is 20.6. The van der Waals surface area contributed by atoms with Gasteiger partial charge in [0.15, 0.2) is 0 Å². The summed E-state index contributed by atoms with van der Waals surface area (Å²) in [5.74, 6) is -0.0890. The van der Waals surface area contributed by atoms with Crippen LogP contribution in [0.3, 0.4) is 0 Å². The van der Waals surface area contributed by atoms with Gasteiger partial charge in [-0.2, -0.15) is 0 Å². The Morgan fingerprint density at radius 1 is 0.811 bits per heavy atom. The molecular formula is C30H32O6S. The lowest BCUT2D eigenvalue weighted by Gasteiger charge is -2.12. The van der Waals surface area contributed by atoms with E-state index in [-0.39, 0.29) is 17.2 Å². The van der Waals surface area contributed by atoms with E-state index < -0.39 is 11.9 Å². The summed E-state index contributed by atoms with van der Waals surface area (Å²) in [4.78, 5) is 23.0. The summed E-state index contributed by atoms with van der Waals surface area (Å²) in [5, 5.41) is 18.1. The summed E-state index contributed by atoms with van der Waals surface area (Å²) >= 11 is 1.53. The fourth-order valence-corrected chi connectivity index (χ4v) is 4.56. The van der Waals surface area contributed by atoms with Crippen molar-refractivity contribution >= 4 is 23.7 Å². The van der Waals surface area contributed by atoms with Crippen molar-refractivity contribution in [2.45, 2.75) is 42.2 Å². The molecule has 3 aromatic carbocycles. The van der Waals surface area contributed by atoms with Crippen molar-refractivity contribution in [3.63, 3.8) is 0 Å². The van der Waals surface area contributed by atoms with Crippen molar-refractivity contribution in [1.82, 2.24) is 0 Å². The Morgan fingerprint density at radius 3 is 2.03 bits per heavy atom. The highest BCUT2D eigenvalue weighted by molar-refractivity contribution is 8.00. The van der Waals surface area contributed by atoms with Crippen LogP contribution in [0.4, 0.5) is 0 Å². The maximum absolute atomic E-state index is 11.1. The number of unbranched alkanes of at least 4 members (excludes halogenated alkanes) is 1. The molecule has 0 bridgehead atoms. The first-order chi connectivity index (χ1) is 18.0. The molecule has 0 heterocycles. The number of thioether (sulfide) groups is 1. The lowest BCUT2D eigenvalue weighted by Crippen LogP contribution is -2.04. The fourth-order valence-electron chi connectivity index (χ4n) is 3.49. The van der Waals surface area contributed by atoms with Gasteiger partial charge in [0.25, 0.3) is 0 Å². The normalized spacial score (nSPS) is 11.8. The lowest BCUT2D eigenvalue weighted by molar-refractivity contribution is -0.137. The molecule has 0 saturated heterocycles. The Kier molecular flexibility index (Phi) is 11.6. The number of ether oxygens (including phenoxy) is 2. The van der Waals surface area contributed by atoms with E-state index >= 15 is 0 Å². The first-order valence-corrected chi connectivity index (χ1v) is 13.2. The van der Waals surface area contributed by atoms with E-state index in [0.29, 0.717) is 19.6 Å². The number of para-hydroxylation sites is 1. The number of carbonyl (C=O) groups is 2. The summed E-state index contributed by atoms with van der Waals surface area (Å²) in [5.41, 5.74) is 1.36. The van der Waals surface area contributed by atoms with Gasteiger partial charge in [-0.25, -0.2) is 4.79 Å². The van der Waals surface area contributed by atoms with E-state index in [2.05, 4.69) is 0 Å². The number of hydrogen-bond donors (Lipinski definition) is 2. The van der Waals surface area contributed by atoms with Crippen LogP contribution >= 0.6 is 11.8 Å². The largest absolute Gasteiger partial charge is 0.494 e. The Bertz CT molecular complexity index is 1130. The van der Waals surface area contributed by atoms with Crippen LogP contribution in [-0.2, 0) is 11.2 Å². The molecule has 0 amide bonds. The van der Waals surface area contributed by atoms with Crippen molar-refractivity contribution < 1.29 is 29.3 Å². The van der Waals surface area contributed by atoms with Crippen LogP contribution in [0.25, 0.3) is 0 Å². The molecule has 0 aliphatic carbocycles. The SMILES string of the molecule is O=C(O)CCC(/C=C\Cc1ccc(OCCCCOc2ccccc2)cc1)Sc1ccc(C(=O)O)cc1. The fraction of sp³-hybridized carbons (Fsp3) is 0.267. The molecule has 2 N–H and O–H groups in total. The van der Waals surface area contributed by atoms with Crippen molar-refractivity contribution in [2.24, 2.45) is 0 Å². The maximum Gasteiger partial charge on any atom is 0.335 e. The molecule has 194 valence electrons. The molecule has 6 nitrogen and oxygen atoms in total. The van der Waals surface area contributed by atoms with Gasteiger partial charge >= 0.3 is 11.9 Å². The molecule has 7 heteroatoms. The molecule has 0 aliphatic rings. The predicted molar refractivity (Wildman–Crippen MR) is 146 cm³/mol. The van der Waals surface area contributed by atoms with Crippen molar-refractivity contribution in [2.75, 3.05) is 13.2 Å². The number of hydrogen-bond acceptors (Lipinski definition) is 5. The van der Waals surface area contributed by atoms with E-state index in [1.807, 2.05) is 66.7 Å². The second-order valence-corrected chi connectivity index (χ2v) is 9.72. The van der Waals surface area contributed by atoms with E-state index in [1.165, 1.54) is 11.8 Å². The molecule has 0 spiro atoms. The number of aromatic carboxylic acids is 1. The Hall–Kier alpha value is -3.71. The number of carboxylic acids is 2. The van der Waals surface area contributed by atoms with Gasteiger partial charge < -0.3 is 19.7 Å². The molecule has 0 aromatic heterocycles. The van der Waals surface area contributed by atoms with E-state index in [1.54, 1.807) is 24.3 Å². The highest BCUT2D eigenvalue weighted by Crippen LogP contribution is 2.28. The first-order valence-electron chi connectivity index (χ1n) is 12.3. The van der Waals surface area contributed by atoms with Gasteiger partial charge in [0.05, 0.1) is 18.8 Å². The molecule has 0 aliphatic heterocycles. The van der Waals surface area contributed by atoms with Gasteiger partial charge in [-0.3, -0.25) is 4.79 Å². The van der Waals surface area contributed by atoms with Crippen LogP contribution in [0.5, 0.6) is 11.5 Å². The third-order valence-electron chi connectivity index (χ3n) is 5.48. The number of carboxylic acid groups (broad SMARTS) is 2. The Labute approximate surface area is 221 Å². The van der Waals surface area contributed by atoms with Crippen LogP contribution in [0, 0.1) is 0 Å². The molecule has 0 radical (unpaired) electrons. The predicted octanol–water partition coefficient (Wildman–Crippen LogP) is 6.75. The zero-order valence-corrected chi connectivity index (χ0v) is 21.4. The third-order valence-corrected chi connectivity index (χ3v) is 6.72. The second-order valence-electron chi connectivity index (χ2n) is 8.41. The van der Waals surface area contributed by atoms with Crippen molar-refractivity contribution in [3.8, 4) is 11.5 Å². The summed E-state index contributed by atoms with van der Waals surface area (Å²) in [7, 11) is 0. The van der Waals surface area contributed by atoms with Crippen molar-refractivity contribution in [1.29, 1.82) is 0 Å². The summed E-state index contributed by atoms with van der Waals surface area (Å²) in [6.45, 7) is 1.30. The van der Waals surface area contributed by atoms with Crippen LogP contribution in [0.1, 0.15) is 41.6 Å². The van der Waals surface area contributed by atoms with E-state index in [4.69, 9.17) is 19.7 Å². The van der Waals surface area contributed by atoms with Crippen molar-refractivity contribution in [3.05, 3.63) is 102 Å². The third kappa shape index (κ3) is 10.8. The minimum absolute atomic E-state index is 0.0275. The van der Waals surface area contributed by atoms with Gasteiger partial charge in [-0.15, -0.1) is 11.8 Å². The molecule has 1 atom stereocenters. The topological polar surface area (TPSA) is 93.1 Å². The minimum atomic E-state index is -0.969. The number of allylic oxidation sites excluding steroid dienone is 1. The molecule has 37 heavy (non-hydrogen) atoms. The Morgan fingerprint density at radius 2 is 1.43 bits per heavy atom.